The minimum Gasteiger partial charge on any atom is -0.463 e. The maximum absolute atomic E-state index is 13.1. The SMILES string of the molecule is CCCOc1nc(NCC)nc(Oc2cccc(F)c2)n1. The van der Waals surface area contributed by atoms with Gasteiger partial charge in [0.25, 0.3) is 0 Å². The topological polar surface area (TPSA) is 69.2 Å². The molecule has 0 unspecified atom stereocenters. The molecule has 0 spiro atoms. The number of benzene rings is 1. The van der Waals surface area contributed by atoms with Crippen molar-refractivity contribution in [1.82, 2.24) is 15.0 Å². The van der Waals surface area contributed by atoms with E-state index in [9.17, 15) is 4.39 Å². The molecule has 7 heteroatoms. The number of anilines is 1. The zero-order valence-electron chi connectivity index (χ0n) is 12.0. The highest BCUT2D eigenvalue weighted by atomic mass is 19.1. The van der Waals surface area contributed by atoms with Crippen LogP contribution in [0.25, 0.3) is 0 Å². The van der Waals surface area contributed by atoms with Crippen LogP contribution in [0.5, 0.6) is 17.8 Å². The highest BCUT2D eigenvalue weighted by Gasteiger charge is 2.09. The first-order chi connectivity index (χ1) is 10.2. The van der Waals surface area contributed by atoms with E-state index in [1.54, 1.807) is 12.1 Å². The van der Waals surface area contributed by atoms with Crippen LogP contribution in [0.1, 0.15) is 20.3 Å². The third-order valence-electron chi connectivity index (χ3n) is 2.37. The summed E-state index contributed by atoms with van der Waals surface area (Å²) in [5.74, 6) is 0.269. The van der Waals surface area contributed by atoms with Gasteiger partial charge >= 0.3 is 12.0 Å². The molecule has 0 amide bonds. The molecule has 0 saturated carbocycles. The van der Waals surface area contributed by atoms with Crippen LogP contribution in [0.3, 0.4) is 0 Å². The van der Waals surface area contributed by atoms with Gasteiger partial charge < -0.3 is 14.8 Å². The van der Waals surface area contributed by atoms with Gasteiger partial charge in [-0.2, -0.15) is 9.97 Å². The van der Waals surface area contributed by atoms with E-state index in [0.29, 0.717) is 24.8 Å². The van der Waals surface area contributed by atoms with Crippen LogP contribution in [-0.4, -0.2) is 28.1 Å². The zero-order valence-corrected chi connectivity index (χ0v) is 12.0. The summed E-state index contributed by atoms with van der Waals surface area (Å²) in [4.78, 5) is 12.3. The van der Waals surface area contributed by atoms with Gasteiger partial charge in [-0.25, -0.2) is 4.39 Å². The lowest BCUT2D eigenvalue weighted by atomic mass is 10.3. The number of hydrogen-bond donors (Lipinski definition) is 1. The van der Waals surface area contributed by atoms with Gasteiger partial charge in [0.05, 0.1) is 6.61 Å². The molecule has 0 fully saturated rings. The smallest absolute Gasteiger partial charge is 0.330 e. The summed E-state index contributed by atoms with van der Waals surface area (Å²) in [5, 5.41) is 2.97. The summed E-state index contributed by atoms with van der Waals surface area (Å²) in [5.41, 5.74) is 0. The van der Waals surface area contributed by atoms with Crippen LogP contribution in [0.15, 0.2) is 24.3 Å². The van der Waals surface area contributed by atoms with Crippen molar-refractivity contribution >= 4 is 5.95 Å². The zero-order chi connectivity index (χ0) is 15.1. The van der Waals surface area contributed by atoms with Crippen LogP contribution in [0, 0.1) is 5.82 Å². The minimum absolute atomic E-state index is 0.0534. The lowest BCUT2D eigenvalue weighted by molar-refractivity contribution is 0.285. The molecule has 0 radical (unpaired) electrons. The Labute approximate surface area is 122 Å². The Morgan fingerprint density at radius 1 is 1.14 bits per heavy atom. The largest absolute Gasteiger partial charge is 0.463 e. The Balaban J connectivity index is 2.22. The predicted octanol–water partition coefficient (Wildman–Crippen LogP) is 3.02. The maximum atomic E-state index is 13.1. The molecular formula is C14H17FN4O2. The molecule has 1 heterocycles. The molecule has 0 aliphatic heterocycles. The Morgan fingerprint density at radius 2 is 1.95 bits per heavy atom. The summed E-state index contributed by atoms with van der Waals surface area (Å²) in [6.45, 7) is 5.05. The van der Waals surface area contributed by atoms with Crippen molar-refractivity contribution in [3.05, 3.63) is 30.1 Å². The lowest BCUT2D eigenvalue weighted by Gasteiger charge is -2.09. The number of nitrogens with zero attached hydrogens (tertiary/aromatic N) is 3. The van der Waals surface area contributed by atoms with Crippen molar-refractivity contribution in [2.75, 3.05) is 18.5 Å². The highest BCUT2D eigenvalue weighted by molar-refractivity contribution is 5.30. The van der Waals surface area contributed by atoms with E-state index in [2.05, 4.69) is 20.3 Å². The average molecular weight is 292 g/mol. The first kappa shape index (κ1) is 15.0. The molecule has 1 N–H and O–H groups in total. The lowest BCUT2D eigenvalue weighted by Crippen LogP contribution is -2.08. The summed E-state index contributed by atoms with van der Waals surface area (Å²) in [6, 6.07) is 5.98. The fourth-order valence-corrected chi connectivity index (χ4v) is 1.51. The average Bonchev–Trinajstić information content (AvgIpc) is 2.45. The molecule has 0 aliphatic carbocycles. The van der Waals surface area contributed by atoms with Gasteiger partial charge in [0.1, 0.15) is 11.6 Å². The second kappa shape index (κ2) is 7.37. The van der Waals surface area contributed by atoms with Gasteiger partial charge in [-0.3, -0.25) is 0 Å². The maximum Gasteiger partial charge on any atom is 0.330 e. The number of halogens is 1. The van der Waals surface area contributed by atoms with Gasteiger partial charge in [-0.05, 0) is 25.5 Å². The molecule has 0 aliphatic rings. The van der Waals surface area contributed by atoms with E-state index in [1.807, 2.05) is 13.8 Å². The third kappa shape index (κ3) is 4.55. The highest BCUT2D eigenvalue weighted by Crippen LogP contribution is 2.21. The Morgan fingerprint density at radius 3 is 2.67 bits per heavy atom. The molecule has 2 rings (SSSR count). The molecule has 1 aromatic heterocycles. The van der Waals surface area contributed by atoms with E-state index in [0.717, 1.165) is 6.42 Å². The van der Waals surface area contributed by atoms with E-state index in [1.165, 1.54) is 12.1 Å². The van der Waals surface area contributed by atoms with Crippen molar-refractivity contribution in [1.29, 1.82) is 0 Å². The molecule has 2 aromatic rings. The van der Waals surface area contributed by atoms with E-state index < -0.39 is 5.82 Å². The Hall–Kier alpha value is -2.44. The van der Waals surface area contributed by atoms with E-state index in [-0.39, 0.29) is 12.0 Å². The Bertz CT molecular complexity index is 595. The molecule has 0 saturated heterocycles. The quantitative estimate of drug-likeness (QED) is 0.846. The first-order valence-electron chi connectivity index (χ1n) is 6.77. The molecule has 0 bridgehead atoms. The molecule has 6 nitrogen and oxygen atoms in total. The van der Waals surface area contributed by atoms with Crippen LogP contribution in [0.2, 0.25) is 0 Å². The van der Waals surface area contributed by atoms with Gasteiger partial charge in [0, 0.05) is 12.6 Å². The summed E-state index contributed by atoms with van der Waals surface area (Å²) in [7, 11) is 0. The number of hydrogen-bond acceptors (Lipinski definition) is 6. The van der Waals surface area contributed by atoms with E-state index in [4.69, 9.17) is 9.47 Å². The molecule has 21 heavy (non-hydrogen) atoms. The molecular weight excluding hydrogens is 275 g/mol. The predicted molar refractivity (Wildman–Crippen MR) is 76.3 cm³/mol. The van der Waals surface area contributed by atoms with Crippen LogP contribution >= 0.6 is 0 Å². The van der Waals surface area contributed by atoms with Crippen molar-refractivity contribution in [2.24, 2.45) is 0 Å². The summed E-state index contributed by atoms with van der Waals surface area (Å²) in [6.07, 6.45) is 0.836. The number of ether oxygens (including phenoxy) is 2. The van der Waals surface area contributed by atoms with Crippen molar-refractivity contribution in [2.45, 2.75) is 20.3 Å². The first-order valence-corrected chi connectivity index (χ1v) is 6.77. The van der Waals surface area contributed by atoms with Crippen molar-refractivity contribution in [3.8, 4) is 17.8 Å². The van der Waals surface area contributed by atoms with Gasteiger partial charge in [-0.15, -0.1) is 4.98 Å². The van der Waals surface area contributed by atoms with Gasteiger partial charge in [0.15, 0.2) is 0 Å². The van der Waals surface area contributed by atoms with Crippen LogP contribution < -0.4 is 14.8 Å². The van der Waals surface area contributed by atoms with Crippen LogP contribution in [0.4, 0.5) is 10.3 Å². The number of rotatable bonds is 7. The van der Waals surface area contributed by atoms with Crippen LogP contribution in [-0.2, 0) is 0 Å². The normalized spacial score (nSPS) is 10.2. The fourth-order valence-electron chi connectivity index (χ4n) is 1.51. The fraction of sp³-hybridized carbons (Fsp3) is 0.357. The molecule has 112 valence electrons. The minimum atomic E-state index is -0.393. The van der Waals surface area contributed by atoms with Crippen molar-refractivity contribution < 1.29 is 13.9 Å². The monoisotopic (exact) mass is 292 g/mol. The second-order valence-corrected chi connectivity index (χ2v) is 4.16. The third-order valence-corrected chi connectivity index (χ3v) is 2.37. The number of nitrogens with one attached hydrogen (secondary N) is 1. The Kier molecular flexibility index (Phi) is 5.25. The van der Waals surface area contributed by atoms with Crippen molar-refractivity contribution in [3.63, 3.8) is 0 Å². The summed E-state index contributed by atoms with van der Waals surface area (Å²) >= 11 is 0. The van der Waals surface area contributed by atoms with Gasteiger partial charge in [-0.1, -0.05) is 13.0 Å². The summed E-state index contributed by atoms with van der Waals surface area (Å²) < 4.78 is 24.0. The second-order valence-electron chi connectivity index (χ2n) is 4.16. The number of aromatic nitrogens is 3. The molecule has 1 aromatic carbocycles. The molecule has 0 atom stereocenters. The standard InChI is InChI=1S/C14H17FN4O2/c1-3-8-20-13-17-12(16-4-2)18-14(19-13)21-11-7-5-6-10(15)9-11/h5-7,9H,3-4,8H2,1-2H3,(H,16,17,18,19). The van der Waals surface area contributed by atoms with Gasteiger partial charge in [0.2, 0.25) is 5.95 Å². The van der Waals surface area contributed by atoms with E-state index >= 15 is 0 Å².